The summed E-state index contributed by atoms with van der Waals surface area (Å²) in [4.78, 5) is 4.35. The zero-order chi connectivity index (χ0) is 18.2. The summed E-state index contributed by atoms with van der Waals surface area (Å²) in [5, 5.41) is 15.8. The lowest BCUT2D eigenvalue weighted by Gasteiger charge is -2.30. The van der Waals surface area contributed by atoms with Gasteiger partial charge in [-0.2, -0.15) is 5.26 Å². The van der Waals surface area contributed by atoms with Crippen molar-refractivity contribution in [2.45, 2.75) is 44.2 Å². The summed E-state index contributed by atoms with van der Waals surface area (Å²) in [5.41, 5.74) is 3.29. The lowest BCUT2D eigenvalue weighted by Crippen LogP contribution is -2.44. The van der Waals surface area contributed by atoms with Gasteiger partial charge in [-0.05, 0) is 54.9 Å². The second kappa shape index (κ2) is 9.05. The van der Waals surface area contributed by atoms with E-state index in [0.29, 0.717) is 24.1 Å². The molecule has 2 aromatic rings. The molecular weight excluding hydrogens is 320 g/mol. The quantitative estimate of drug-likeness (QED) is 0.651. The molecule has 0 spiro atoms. The van der Waals surface area contributed by atoms with Crippen LogP contribution in [-0.2, 0) is 6.54 Å². The van der Waals surface area contributed by atoms with Crippen molar-refractivity contribution in [3.8, 4) is 6.07 Å². The van der Waals surface area contributed by atoms with Crippen LogP contribution in [0, 0.1) is 11.3 Å². The van der Waals surface area contributed by atoms with E-state index in [1.54, 1.807) is 0 Å². The molecule has 4 heteroatoms. The molecule has 2 aromatic carbocycles. The van der Waals surface area contributed by atoms with E-state index < -0.39 is 0 Å². The number of guanidine groups is 1. The predicted molar refractivity (Wildman–Crippen MR) is 106 cm³/mol. The minimum atomic E-state index is 0.474. The Morgan fingerprint density at radius 3 is 2.35 bits per heavy atom. The Labute approximate surface area is 156 Å². The van der Waals surface area contributed by atoms with Crippen molar-refractivity contribution in [3.63, 3.8) is 0 Å². The molecule has 0 radical (unpaired) electrons. The fraction of sp³-hybridized carbons (Fsp3) is 0.364. The van der Waals surface area contributed by atoms with Gasteiger partial charge in [0, 0.05) is 19.6 Å². The minimum absolute atomic E-state index is 0.474. The van der Waals surface area contributed by atoms with Crippen molar-refractivity contribution < 1.29 is 0 Å². The largest absolute Gasteiger partial charge is 0.354 e. The Balaban J connectivity index is 1.46. The third-order valence-electron chi connectivity index (χ3n) is 5.11. The maximum Gasteiger partial charge on any atom is 0.191 e. The molecule has 1 aliphatic carbocycles. The highest BCUT2D eigenvalue weighted by atomic mass is 15.2. The van der Waals surface area contributed by atoms with Gasteiger partial charge in [0.2, 0.25) is 0 Å². The smallest absolute Gasteiger partial charge is 0.191 e. The maximum atomic E-state index is 8.86. The Kier molecular flexibility index (Phi) is 6.27. The average molecular weight is 346 g/mol. The summed E-state index contributed by atoms with van der Waals surface area (Å²) in [6, 6.07) is 21.1. The van der Waals surface area contributed by atoms with E-state index in [4.69, 9.17) is 5.26 Å². The van der Waals surface area contributed by atoms with E-state index >= 15 is 0 Å². The topological polar surface area (TPSA) is 60.2 Å². The van der Waals surface area contributed by atoms with Crippen LogP contribution in [0.5, 0.6) is 0 Å². The Morgan fingerprint density at radius 2 is 1.73 bits per heavy atom. The van der Waals surface area contributed by atoms with Crippen LogP contribution in [0.1, 0.15) is 48.3 Å². The third kappa shape index (κ3) is 4.86. The molecule has 0 atom stereocenters. The van der Waals surface area contributed by atoms with Gasteiger partial charge in [-0.15, -0.1) is 0 Å². The fourth-order valence-electron chi connectivity index (χ4n) is 3.57. The number of benzene rings is 2. The Morgan fingerprint density at radius 1 is 1.04 bits per heavy atom. The number of aliphatic imine (C=N–C) groups is 1. The van der Waals surface area contributed by atoms with Gasteiger partial charge in [0.15, 0.2) is 5.96 Å². The van der Waals surface area contributed by atoms with Crippen molar-refractivity contribution in [1.29, 1.82) is 5.26 Å². The molecule has 3 rings (SSSR count). The summed E-state index contributed by atoms with van der Waals surface area (Å²) in [6.45, 7) is 0.699. The van der Waals surface area contributed by atoms with Crippen LogP contribution in [-0.4, -0.2) is 19.0 Å². The SMILES string of the molecule is CN=C(NCc1ccc(C#N)cc1)NC1CCC(c2ccccc2)CC1. The highest BCUT2D eigenvalue weighted by Gasteiger charge is 2.22. The molecule has 1 fully saturated rings. The Hall–Kier alpha value is -2.80. The first-order chi connectivity index (χ1) is 12.8. The van der Waals surface area contributed by atoms with Gasteiger partial charge in [0.1, 0.15) is 0 Å². The Bertz CT molecular complexity index is 751. The zero-order valence-electron chi connectivity index (χ0n) is 15.3. The molecule has 0 aliphatic heterocycles. The summed E-state index contributed by atoms with van der Waals surface area (Å²) < 4.78 is 0. The van der Waals surface area contributed by atoms with E-state index in [1.807, 2.05) is 31.3 Å². The highest BCUT2D eigenvalue weighted by molar-refractivity contribution is 5.79. The van der Waals surface area contributed by atoms with Gasteiger partial charge in [-0.1, -0.05) is 42.5 Å². The number of rotatable bonds is 4. The zero-order valence-corrected chi connectivity index (χ0v) is 15.3. The summed E-state index contributed by atoms with van der Waals surface area (Å²) in [6.07, 6.45) is 4.76. The van der Waals surface area contributed by atoms with Gasteiger partial charge in [0.05, 0.1) is 11.6 Å². The average Bonchev–Trinajstić information content (AvgIpc) is 2.72. The normalized spacial score (nSPS) is 20.2. The third-order valence-corrected chi connectivity index (χ3v) is 5.11. The molecule has 0 amide bonds. The monoisotopic (exact) mass is 346 g/mol. The highest BCUT2D eigenvalue weighted by Crippen LogP contribution is 2.32. The molecule has 1 aliphatic rings. The van der Waals surface area contributed by atoms with Crippen LogP contribution in [0.15, 0.2) is 59.6 Å². The van der Waals surface area contributed by atoms with E-state index in [2.05, 4.69) is 52.0 Å². The number of nitrogens with one attached hydrogen (secondary N) is 2. The number of nitrogens with zero attached hydrogens (tertiary/aromatic N) is 2. The van der Waals surface area contributed by atoms with Gasteiger partial charge in [0.25, 0.3) is 0 Å². The van der Waals surface area contributed by atoms with Crippen molar-refractivity contribution in [3.05, 3.63) is 71.3 Å². The van der Waals surface area contributed by atoms with Crippen LogP contribution < -0.4 is 10.6 Å². The van der Waals surface area contributed by atoms with Crippen LogP contribution in [0.25, 0.3) is 0 Å². The van der Waals surface area contributed by atoms with Gasteiger partial charge in [-0.3, -0.25) is 4.99 Å². The number of hydrogen-bond donors (Lipinski definition) is 2. The molecule has 26 heavy (non-hydrogen) atoms. The summed E-state index contributed by atoms with van der Waals surface area (Å²) >= 11 is 0. The minimum Gasteiger partial charge on any atom is -0.354 e. The van der Waals surface area contributed by atoms with Crippen molar-refractivity contribution in [2.24, 2.45) is 4.99 Å². The van der Waals surface area contributed by atoms with Crippen LogP contribution in [0.3, 0.4) is 0 Å². The first-order valence-electron chi connectivity index (χ1n) is 9.29. The van der Waals surface area contributed by atoms with Crippen LogP contribution >= 0.6 is 0 Å². The lowest BCUT2D eigenvalue weighted by atomic mass is 9.82. The summed E-state index contributed by atoms with van der Waals surface area (Å²) in [7, 11) is 1.81. The van der Waals surface area contributed by atoms with Crippen molar-refractivity contribution in [1.82, 2.24) is 10.6 Å². The maximum absolute atomic E-state index is 8.86. The van der Waals surface area contributed by atoms with Crippen LogP contribution in [0.2, 0.25) is 0 Å². The van der Waals surface area contributed by atoms with E-state index in [1.165, 1.54) is 18.4 Å². The molecular formula is C22H26N4. The molecule has 0 saturated heterocycles. The standard InChI is InChI=1S/C22H26N4/c1-24-22(25-16-18-9-7-17(15-23)8-10-18)26-21-13-11-20(12-14-21)19-5-3-2-4-6-19/h2-10,20-21H,11-14,16H2,1H3,(H2,24,25,26). The van der Waals surface area contributed by atoms with Gasteiger partial charge >= 0.3 is 0 Å². The van der Waals surface area contributed by atoms with Crippen molar-refractivity contribution >= 4 is 5.96 Å². The second-order valence-corrected chi connectivity index (χ2v) is 6.84. The lowest BCUT2D eigenvalue weighted by molar-refractivity contribution is 0.371. The first-order valence-corrected chi connectivity index (χ1v) is 9.29. The number of hydrogen-bond acceptors (Lipinski definition) is 2. The van der Waals surface area contributed by atoms with E-state index in [-0.39, 0.29) is 0 Å². The van der Waals surface area contributed by atoms with Gasteiger partial charge < -0.3 is 10.6 Å². The predicted octanol–water partition coefficient (Wildman–Crippen LogP) is 3.95. The molecule has 0 unspecified atom stereocenters. The van der Waals surface area contributed by atoms with Crippen LogP contribution in [0.4, 0.5) is 0 Å². The van der Waals surface area contributed by atoms with E-state index in [0.717, 1.165) is 24.4 Å². The molecule has 0 bridgehead atoms. The fourth-order valence-corrected chi connectivity index (χ4v) is 3.57. The molecule has 134 valence electrons. The first kappa shape index (κ1) is 18.0. The number of nitriles is 1. The van der Waals surface area contributed by atoms with Crippen molar-refractivity contribution in [2.75, 3.05) is 7.05 Å². The molecule has 0 aromatic heterocycles. The molecule has 2 N–H and O–H groups in total. The second-order valence-electron chi connectivity index (χ2n) is 6.84. The molecule has 0 heterocycles. The molecule has 4 nitrogen and oxygen atoms in total. The summed E-state index contributed by atoms with van der Waals surface area (Å²) in [5.74, 6) is 1.53. The van der Waals surface area contributed by atoms with Gasteiger partial charge in [-0.25, -0.2) is 0 Å². The van der Waals surface area contributed by atoms with E-state index in [9.17, 15) is 0 Å². The molecule has 1 saturated carbocycles.